The molecule has 0 amide bonds. The zero-order valence-corrected chi connectivity index (χ0v) is 13.8. The molecule has 0 radical (unpaired) electrons. The third-order valence-corrected chi connectivity index (χ3v) is 4.69. The highest BCUT2D eigenvalue weighted by molar-refractivity contribution is 9.10. The summed E-state index contributed by atoms with van der Waals surface area (Å²) in [7, 11) is 0. The molecule has 0 saturated carbocycles. The Kier molecular flexibility index (Phi) is 4.44. The quantitative estimate of drug-likeness (QED) is 0.770. The van der Waals surface area contributed by atoms with Gasteiger partial charge < -0.3 is 5.32 Å². The van der Waals surface area contributed by atoms with Crippen LogP contribution in [0.4, 0.5) is 14.5 Å². The molecule has 1 aromatic heterocycles. The summed E-state index contributed by atoms with van der Waals surface area (Å²) in [4.78, 5) is 5.34. The first kappa shape index (κ1) is 15.4. The van der Waals surface area contributed by atoms with Crippen molar-refractivity contribution < 1.29 is 8.78 Å². The van der Waals surface area contributed by atoms with E-state index < -0.39 is 11.6 Å². The number of hydrogen-bond acceptors (Lipinski definition) is 3. The second-order valence-corrected chi connectivity index (χ2v) is 7.45. The minimum Gasteiger partial charge on any atom is -0.378 e. The number of hydrogen-bond donors (Lipinski definition) is 1. The third-order valence-electron chi connectivity index (χ3n) is 2.66. The van der Waals surface area contributed by atoms with E-state index in [2.05, 4.69) is 47.0 Å². The molecule has 0 aliphatic rings. The fraction of sp³-hybridized carbons (Fsp3) is 0.357. The minimum atomic E-state index is -0.492. The summed E-state index contributed by atoms with van der Waals surface area (Å²) in [6.45, 7) is 6.69. The van der Waals surface area contributed by atoms with Gasteiger partial charge in [0, 0.05) is 22.6 Å². The Morgan fingerprint density at radius 1 is 1.25 bits per heavy atom. The van der Waals surface area contributed by atoms with Gasteiger partial charge >= 0.3 is 0 Å². The minimum absolute atomic E-state index is 0.00210. The molecule has 0 bridgehead atoms. The van der Waals surface area contributed by atoms with Gasteiger partial charge in [-0.1, -0.05) is 20.8 Å². The molecule has 1 N–H and O–H groups in total. The monoisotopic (exact) mass is 360 g/mol. The van der Waals surface area contributed by atoms with Crippen molar-refractivity contribution >= 4 is 33.0 Å². The van der Waals surface area contributed by atoms with Crippen molar-refractivity contribution in [3.8, 4) is 0 Å². The Bertz CT molecular complexity index is 620. The molecule has 0 fully saturated rings. The molecule has 0 aliphatic carbocycles. The van der Waals surface area contributed by atoms with E-state index in [1.165, 1.54) is 0 Å². The standard InChI is InChI=1S/C14H15BrF2N2S/c1-14(2,3)13-19-7-8(20-13)6-18-12-5-10(16)9(15)4-11(12)17/h4-5,7,18H,6H2,1-3H3. The molecule has 0 unspecified atom stereocenters. The van der Waals surface area contributed by atoms with E-state index in [1.807, 2.05) is 0 Å². The second kappa shape index (κ2) is 5.77. The van der Waals surface area contributed by atoms with Crippen LogP contribution in [0, 0.1) is 11.6 Å². The van der Waals surface area contributed by atoms with Crippen molar-refractivity contribution in [2.75, 3.05) is 5.32 Å². The highest BCUT2D eigenvalue weighted by atomic mass is 79.9. The van der Waals surface area contributed by atoms with Gasteiger partial charge in [0.15, 0.2) is 0 Å². The maximum Gasteiger partial charge on any atom is 0.147 e. The molecule has 2 aromatic rings. The highest BCUT2D eigenvalue weighted by Crippen LogP contribution is 2.28. The lowest BCUT2D eigenvalue weighted by molar-refractivity contribution is 0.585. The molecule has 20 heavy (non-hydrogen) atoms. The number of benzene rings is 1. The molecule has 2 nitrogen and oxygen atoms in total. The summed E-state index contributed by atoms with van der Waals surface area (Å²) in [6, 6.07) is 2.26. The summed E-state index contributed by atoms with van der Waals surface area (Å²) >= 11 is 4.52. The first-order valence-corrected chi connectivity index (χ1v) is 7.72. The van der Waals surface area contributed by atoms with E-state index >= 15 is 0 Å². The molecule has 0 spiro atoms. The van der Waals surface area contributed by atoms with Crippen molar-refractivity contribution in [1.82, 2.24) is 4.98 Å². The van der Waals surface area contributed by atoms with Crippen LogP contribution in [0.25, 0.3) is 0 Å². The van der Waals surface area contributed by atoms with Gasteiger partial charge in [0.2, 0.25) is 0 Å². The van der Waals surface area contributed by atoms with Crippen molar-refractivity contribution in [2.45, 2.75) is 32.7 Å². The molecule has 1 heterocycles. The van der Waals surface area contributed by atoms with Crippen molar-refractivity contribution in [3.63, 3.8) is 0 Å². The molecule has 1 aromatic carbocycles. The zero-order chi connectivity index (χ0) is 14.9. The lowest BCUT2D eigenvalue weighted by Gasteiger charge is -2.13. The van der Waals surface area contributed by atoms with Crippen molar-refractivity contribution in [1.29, 1.82) is 0 Å². The number of thiazole rings is 1. The molecular weight excluding hydrogens is 346 g/mol. The predicted octanol–water partition coefficient (Wildman–Crippen LogP) is 5.09. The summed E-state index contributed by atoms with van der Waals surface area (Å²) in [6.07, 6.45) is 1.77. The number of nitrogens with one attached hydrogen (secondary N) is 1. The maximum atomic E-state index is 13.7. The van der Waals surface area contributed by atoms with Gasteiger partial charge in [0.05, 0.1) is 21.7 Å². The number of anilines is 1. The smallest absolute Gasteiger partial charge is 0.147 e. The SMILES string of the molecule is CC(C)(C)c1ncc(CNc2cc(F)c(Br)cc2F)s1. The predicted molar refractivity (Wildman–Crippen MR) is 82.2 cm³/mol. The third kappa shape index (κ3) is 3.55. The van der Waals surface area contributed by atoms with Crippen molar-refractivity contribution in [2.24, 2.45) is 0 Å². The van der Waals surface area contributed by atoms with Crippen LogP contribution < -0.4 is 5.32 Å². The molecule has 6 heteroatoms. The van der Waals surface area contributed by atoms with E-state index in [-0.39, 0.29) is 15.6 Å². The molecule has 0 aliphatic heterocycles. The van der Waals surface area contributed by atoms with Gasteiger partial charge in [0.25, 0.3) is 0 Å². The van der Waals surface area contributed by atoms with Crippen LogP contribution in [-0.4, -0.2) is 4.98 Å². The summed E-state index contributed by atoms with van der Waals surface area (Å²) in [5.74, 6) is -0.979. The average molecular weight is 361 g/mol. The first-order chi connectivity index (χ1) is 9.27. The molecule has 2 rings (SSSR count). The molecule has 108 valence electrons. The van der Waals surface area contributed by atoms with E-state index in [0.717, 1.165) is 22.0 Å². The topological polar surface area (TPSA) is 24.9 Å². The Hall–Kier alpha value is -1.01. The Morgan fingerprint density at radius 3 is 2.55 bits per heavy atom. The molecular formula is C14H15BrF2N2S. The maximum absolute atomic E-state index is 13.7. The van der Waals surface area contributed by atoms with Crippen LogP contribution in [0.5, 0.6) is 0 Å². The lowest BCUT2D eigenvalue weighted by atomic mass is 9.98. The summed E-state index contributed by atoms with van der Waals surface area (Å²) in [5.41, 5.74) is 0.147. The van der Waals surface area contributed by atoms with E-state index in [0.29, 0.717) is 6.54 Å². The summed E-state index contributed by atoms with van der Waals surface area (Å²) < 4.78 is 27.2. The van der Waals surface area contributed by atoms with Crippen LogP contribution in [-0.2, 0) is 12.0 Å². The van der Waals surface area contributed by atoms with Crippen molar-refractivity contribution in [3.05, 3.63) is 44.3 Å². The molecule has 0 saturated heterocycles. The molecule has 0 atom stereocenters. The van der Waals surface area contributed by atoms with Crippen LogP contribution in [0.3, 0.4) is 0 Å². The Morgan fingerprint density at radius 2 is 1.95 bits per heavy atom. The summed E-state index contributed by atoms with van der Waals surface area (Å²) in [5, 5.41) is 3.92. The van der Waals surface area contributed by atoms with E-state index in [4.69, 9.17) is 0 Å². The van der Waals surface area contributed by atoms with Crippen LogP contribution in [0.1, 0.15) is 30.7 Å². The lowest BCUT2D eigenvalue weighted by Crippen LogP contribution is -2.09. The van der Waals surface area contributed by atoms with Gasteiger partial charge in [-0.2, -0.15) is 0 Å². The fourth-order valence-corrected chi connectivity index (χ4v) is 2.80. The van der Waals surface area contributed by atoms with Gasteiger partial charge in [-0.15, -0.1) is 11.3 Å². The number of rotatable bonds is 3. The fourth-order valence-electron chi connectivity index (χ4n) is 1.58. The van der Waals surface area contributed by atoms with E-state index in [9.17, 15) is 8.78 Å². The number of aromatic nitrogens is 1. The van der Waals surface area contributed by atoms with Gasteiger partial charge in [-0.3, -0.25) is 0 Å². The average Bonchev–Trinajstić information content (AvgIpc) is 2.80. The highest BCUT2D eigenvalue weighted by Gasteiger charge is 2.18. The van der Waals surface area contributed by atoms with Gasteiger partial charge in [-0.25, -0.2) is 13.8 Å². The Labute approximate surface area is 129 Å². The second-order valence-electron chi connectivity index (χ2n) is 5.48. The zero-order valence-electron chi connectivity index (χ0n) is 11.4. The number of halogens is 3. The Balaban J connectivity index is 2.09. The van der Waals surface area contributed by atoms with Gasteiger partial charge in [0.1, 0.15) is 11.6 Å². The van der Waals surface area contributed by atoms with Gasteiger partial charge in [-0.05, 0) is 22.0 Å². The van der Waals surface area contributed by atoms with Crippen LogP contribution in [0.2, 0.25) is 0 Å². The van der Waals surface area contributed by atoms with E-state index in [1.54, 1.807) is 17.5 Å². The normalized spacial score (nSPS) is 11.7. The first-order valence-electron chi connectivity index (χ1n) is 6.11. The van der Waals surface area contributed by atoms with Crippen LogP contribution in [0.15, 0.2) is 22.8 Å². The largest absolute Gasteiger partial charge is 0.378 e. The van der Waals surface area contributed by atoms with Crippen LogP contribution >= 0.6 is 27.3 Å². The number of nitrogens with zero attached hydrogens (tertiary/aromatic N) is 1.